The van der Waals surface area contributed by atoms with Crippen LogP contribution < -0.4 is 0 Å². The first kappa shape index (κ1) is 15.8. The molecule has 114 valence electrons. The van der Waals surface area contributed by atoms with Gasteiger partial charge in [0.1, 0.15) is 0 Å². The molecule has 0 unspecified atom stereocenters. The van der Waals surface area contributed by atoms with E-state index in [1.807, 2.05) is 41.0 Å². The van der Waals surface area contributed by atoms with E-state index in [2.05, 4.69) is 0 Å². The summed E-state index contributed by atoms with van der Waals surface area (Å²) in [5, 5.41) is 0. The van der Waals surface area contributed by atoms with Crippen molar-refractivity contribution in [2.24, 2.45) is 0 Å². The van der Waals surface area contributed by atoms with Gasteiger partial charge in [0.15, 0.2) is 0 Å². The summed E-state index contributed by atoms with van der Waals surface area (Å²) >= 11 is 5.82. The van der Waals surface area contributed by atoms with E-state index in [1.165, 1.54) is 0 Å². The molecule has 1 fully saturated rings. The first-order valence-corrected chi connectivity index (χ1v) is 7.91. The Morgan fingerprint density at radius 3 is 2.57 bits per heavy atom. The van der Waals surface area contributed by atoms with Crippen molar-refractivity contribution in [2.75, 3.05) is 26.2 Å². The molecule has 1 aromatic rings. The maximum absolute atomic E-state index is 12.5. The number of carbonyl (C=O) groups excluding carboxylic acids is 2. The number of alkyl halides is 1. The zero-order valence-corrected chi connectivity index (χ0v) is 13.1. The molecular weight excluding hydrogens is 288 g/mol. The smallest absolute Gasteiger partial charge is 0.253 e. The lowest BCUT2D eigenvalue weighted by Gasteiger charge is -2.22. The largest absolute Gasteiger partial charge is 0.341 e. The fraction of sp³-hybridized carbons (Fsp3) is 0.500. The van der Waals surface area contributed by atoms with Crippen molar-refractivity contribution in [3.05, 3.63) is 35.4 Å². The summed E-state index contributed by atoms with van der Waals surface area (Å²) in [5.74, 6) is 0.584. The lowest BCUT2D eigenvalue weighted by Crippen LogP contribution is -2.37. The Morgan fingerprint density at radius 1 is 1.14 bits per heavy atom. The van der Waals surface area contributed by atoms with Crippen molar-refractivity contribution >= 4 is 23.4 Å². The van der Waals surface area contributed by atoms with Gasteiger partial charge in [-0.25, -0.2) is 0 Å². The summed E-state index contributed by atoms with van der Waals surface area (Å²) in [7, 11) is 0. The Morgan fingerprint density at radius 2 is 1.86 bits per heavy atom. The van der Waals surface area contributed by atoms with E-state index in [0.29, 0.717) is 37.5 Å². The second-order valence-corrected chi connectivity index (χ2v) is 5.48. The minimum absolute atomic E-state index is 0.0211. The highest BCUT2D eigenvalue weighted by atomic mass is 35.5. The fourth-order valence-corrected chi connectivity index (χ4v) is 2.73. The molecule has 0 radical (unpaired) electrons. The number of benzene rings is 1. The van der Waals surface area contributed by atoms with Crippen LogP contribution in [0.3, 0.4) is 0 Å². The highest BCUT2D eigenvalue weighted by Gasteiger charge is 2.22. The van der Waals surface area contributed by atoms with E-state index in [0.717, 1.165) is 18.5 Å². The highest BCUT2D eigenvalue weighted by molar-refractivity contribution is 6.17. The second kappa shape index (κ2) is 7.46. The monoisotopic (exact) mass is 308 g/mol. The number of rotatable bonds is 3. The third-order valence-corrected chi connectivity index (χ3v) is 4.08. The average molecular weight is 309 g/mol. The molecule has 1 saturated heterocycles. The molecule has 0 aromatic heterocycles. The average Bonchev–Trinajstić information content (AvgIpc) is 2.79. The predicted molar refractivity (Wildman–Crippen MR) is 83.4 cm³/mol. The topological polar surface area (TPSA) is 40.6 Å². The van der Waals surface area contributed by atoms with Gasteiger partial charge in [-0.1, -0.05) is 19.1 Å². The maximum atomic E-state index is 12.5. The van der Waals surface area contributed by atoms with E-state index in [9.17, 15) is 9.59 Å². The normalized spacial score (nSPS) is 15.7. The van der Waals surface area contributed by atoms with E-state index in [-0.39, 0.29) is 11.8 Å². The molecule has 21 heavy (non-hydrogen) atoms. The van der Waals surface area contributed by atoms with Gasteiger partial charge in [0.05, 0.1) is 0 Å². The minimum Gasteiger partial charge on any atom is -0.341 e. The molecular formula is C16H21ClN2O2. The lowest BCUT2D eigenvalue weighted by atomic mass is 10.1. The van der Waals surface area contributed by atoms with Crippen LogP contribution in [0.1, 0.15) is 35.7 Å². The van der Waals surface area contributed by atoms with Crippen LogP contribution in [0.2, 0.25) is 0 Å². The van der Waals surface area contributed by atoms with Gasteiger partial charge in [0.25, 0.3) is 5.91 Å². The first-order chi connectivity index (χ1) is 10.2. The van der Waals surface area contributed by atoms with Gasteiger partial charge in [0, 0.05) is 44.0 Å². The van der Waals surface area contributed by atoms with Crippen molar-refractivity contribution in [3.8, 4) is 0 Å². The number of carbonyl (C=O) groups is 2. The lowest BCUT2D eigenvalue weighted by molar-refractivity contribution is -0.130. The predicted octanol–water partition coefficient (Wildman–Crippen LogP) is 2.51. The molecule has 1 aliphatic rings. The molecule has 1 heterocycles. The summed E-state index contributed by atoms with van der Waals surface area (Å²) in [6.07, 6.45) is 1.35. The van der Waals surface area contributed by atoms with Crippen molar-refractivity contribution in [2.45, 2.75) is 25.6 Å². The van der Waals surface area contributed by atoms with Gasteiger partial charge in [-0.15, -0.1) is 11.6 Å². The van der Waals surface area contributed by atoms with Gasteiger partial charge in [-0.2, -0.15) is 0 Å². The van der Waals surface area contributed by atoms with Crippen LogP contribution in [0.4, 0.5) is 0 Å². The van der Waals surface area contributed by atoms with Crippen LogP contribution in [0, 0.1) is 0 Å². The summed E-state index contributed by atoms with van der Waals surface area (Å²) in [4.78, 5) is 28.0. The van der Waals surface area contributed by atoms with Crippen LogP contribution in [0.25, 0.3) is 0 Å². The fourth-order valence-electron chi connectivity index (χ4n) is 2.56. The molecule has 0 N–H and O–H groups in total. The van der Waals surface area contributed by atoms with Crippen molar-refractivity contribution in [1.82, 2.24) is 9.80 Å². The van der Waals surface area contributed by atoms with Crippen LogP contribution in [-0.4, -0.2) is 47.8 Å². The molecule has 2 amide bonds. The maximum Gasteiger partial charge on any atom is 0.253 e. The number of hydrogen-bond acceptors (Lipinski definition) is 2. The van der Waals surface area contributed by atoms with E-state index in [4.69, 9.17) is 11.6 Å². The molecule has 0 aliphatic carbocycles. The second-order valence-electron chi connectivity index (χ2n) is 5.21. The number of nitrogens with zero attached hydrogens (tertiary/aromatic N) is 2. The molecule has 0 saturated carbocycles. The van der Waals surface area contributed by atoms with Crippen LogP contribution >= 0.6 is 11.6 Å². The van der Waals surface area contributed by atoms with Gasteiger partial charge in [-0.05, 0) is 24.1 Å². The van der Waals surface area contributed by atoms with Crippen molar-refractivity contribution < 1.29 is 9.59 Å². The minimum atomic E-state index is 0.0211. The summed E-state index contributed by atoms with van der Waals surface area (Å²) in [6, 6.07) is 7.43. The quantitative estimate of drug-likeness (QED) is 0.805. The Kier molecular flexibility index (Phi) is 5.62. The number of halogens is 1. The molecule has 1 aliphatic heterocycles. The molecule has 0 spiro atoms. The highest BCUT2D eigenvalue weighted by Crippen LogP contribution is 2.13. The Labute approximate surface area is 130 Å². The summed E-state index contributed by atoms with van der Waals surface area (Å²) in [6.45, 7) is 4.51. The van der Waals surface area contributed by atoms with Gasteiger partial charge in [-0.3, -0.25) is 9.59 Å². The SMILES string of the molecule is CCC(=O)N1CCCN(C(=O)c2cccc(CCl)c2)CC1. The van der Waals surface area contributed by atoms with Crippen molar-refractivity contribution in [1.29, 1.82) is 0 Å². The molecule has 5 heteroatoms. The Bertz CT molecular complexity index is 519. The third-order valence-electron chi connectivity index (χ3n) is 3.77. The molecule has 2 rings (SSSR count). The standard InChI is InChI=1S/C16H21ClN2O2/c1-2-15(20)18-7-4-8-19(10-9-18)16(21)14-6-3-5-13(11-14)12-17/h3,5-6,11H,2,4,7-10,12H2,1H3. The Hall–Kier alpha value is -1.55. The third kappa shape index (κ3) is 3.97. The van der Waals surface area contributed by atoms with Crippen molar-refractivity contribution in [3.63, 3.8) is 0 Å². The number of hydrogen-bond donors (Lipinski definition) is 0. The molecule has 1 aromatic carbocycles. The van der Waals surface area contributed by atoms with Crippen LogP contribution in [0.5, 0.6) is 0 Å². The molecule has 0 bridgehead atoms. The first-order valence-electron chi connectivity index (χ1n) is 7.37. The van der Waals surface area contributed by atoms with Crippen LogP contribution in [0.15, 0.2) is 24.3 Å². The zero-order chi connectivity index (χ0) is 15.2. The zero-order valence-electron chi connectivity index (χ0n) is 12.3. The van der Waals surface area contributed by atoms with Gasteiger partial charge < -0.3 is 9.80 Å². The Balaban J connectivity index is 2.04. The van der Waals surface area contributed by atoms with Gasteiger partial charge >= 0.3 is 0 Å². The molecule has 4 nitrogen and oxygen atoms in total. The van der Waals surface area contributed by atoms with Crippen LogP contribution in [-0.2, 0) is 10.7 Å². The van der Waals surface area contributed by atoms with E-state index in [1.54, 1.807) is 0 Å². The van der Waals surface area contributed by atoms with Gasteiger partial charge in [0.2, 0.25) is 5.91 Å². The van der Waals surface area contributed by atoms with E-state index >= 15 is 0 Å². The van der Waals surface area contributed by atoms with E-state index < -0.39 is 0 Å². The summed E-state index contributed by atoms with van der Waals surface area (Å²) in [5.41, 5.74) is 1.61. The summed E-state index contributed by atoms with van der Waals surface area (Å²) < 4.78 is 0. The number of amides is 2. The molecule has 0 atom stereocenters.